The Morgan fingerprint density at radius 2 is 1.86 bits per heavy atom. The number of nitrogens with zero attached hydrogens (tertiary/aromatic N) is 3. The van der Waals surface area contributed by atoms with E-state index in [4.69, 9.17) is 26.1 Å². The molecule has 4 amide bonds. The predicted octanol–water partition coefficient (Wildman–Crippen LogP) is 8.42. The smallest absolute Gasteiger partial charge is 0.315 e. The first-order chi connectivity index (χ1) is 26.7. The highest BCUT2D eigenvalue weighted by Gasteiger charge is 2.33. The number of hydrogen-bond acceptors (Lipinski definition) is 7. The number of nitrogens with one attached hydrogen (secondary N) is 3. The number of ether oxygens (including phenoxy) is 2. The third kappa shape index (κ3) is 9.22. The van der Waals surface area contributed by atoms with Crippen molar-refractivity contribution in [1.82, 2.24) is 25.4 Å². The molecule has 12 heteroatoms. The fourth-order valence-electron chi connectivity index (χ4n) is 7.59. The van der Waals surface area contributed by atoms with Crippen LogP contribution in [0.5, 0.6) is 5.88 Å². The quantitative estimate of drug-likeness (QED) is 0.158. The lowest BCUT2D eigenvalue weighted by atomic mass is 9.84. The summed E-state index contributed by atoms with van der Waals surface area (Å²) in [4.78, 5) is 45.5. The monoisotopic (exact) mass is 784 g/mol. The lowest BCUT2D eigenvalue weighted by Crippen LogP contribution is -2.58. The van der Waals surface area contributed by atoms with Gasteiger partial charge >= 0.3 is 6.03 Å². The number of fused-ring (bicyclic) bond motifs is 1. The molecule has 56 heavy (non-hydrogen) atoms. The van der Waals surface area contributed by atoms with Gasteiger partial charge in [0.25, 0.3) is 11.8 Å². The minimum Gasteiger partial charge on any atom is -0.481 e. The molecule has 1 aliphatic carbocycles. The number of aryl methyl sites for hydroxylation is 1. The zero-order chi connectivity index (χ0) is 40.7. The van der Waals surface area contributed by atoms with Crippen LogP contribution in [0.3, 0.4) is 0 Å². The van der Waals surface area contributed by atoms with Crippen LogP contribution >= 0.6 is 11.6 Å². The summed E-state index contributed by atoms with van der Waals surface area (Å²) in [5.41, 5.74) is 7.13. The number of hydrogen-bond donors (Lipinski definition) is 3. The molecule has 2 aliphatic heterocycles. The van der Waals surface area contributed by atoms with Gasteiger partial charge in [0.15, 0.2) is 0 Å². The Hall–Kier alpha value is -4.87. The fraction of sp³-hybridized carbons (Fsp3) is 0.455. The van der Waals surface area contributed by atoms with E-state index in [0.29, 0.717) is 47.4 Å². The normalized spacial score (nSPS) is 19.1. The van der Waals surface area contributed by atoms with Crippen molar-refractivity contribution < 1.29 is 23.9 Å². The highest BCUT2D eigenvalue weighted by Crippen LogP contribution is 2.43. The summed E-state index contributed by atoms with van der Waals surface area (Å²) in [5, 5.41) is 9.38. The van der Waals surface area contributed by atoms with Crippen molar-refractivity contribution in [1.29, 1.82) is 0 Å². The molecule has 0 spiro atoms. The molecule has 1 aromatic heterocycles. The molecule has 2 aromatic carbocycles. The first-order valence-corrected chi connectivity index (χ1v) is 19.9. The van der Waals surface area contributed by atoms with Gasteiger partial charge in [-0.15, -0.1) is 0 Å². The number of halogens is 1. The van der Waals surface area contributed by atoms with E-state index in [9.17, 15) is 14.4 Å². The first-order valence-electron chi connectivity index (χ1n) is 19.5. The maximum absolute atomic E-state index is 13.4. The second-order valence-electron chi connectivity index (χ2n) is 15.3. The highest BCUT2D eigenvalue weighted by atomic mass is 35.5. The summed E-state index contributed by atoms with van der Waals surface area (Å²) in [7, 11) is 4.84. The number of carbonyl (C=O) groups excluding carboxylic acids is 3. The molecule has 0 radical (unpaired) electrons. The zero-order valence-electron chi connectivity index (χ0n) is 34.1. The number of amides is 4. The molecule has 3 N–H and O–H groups in total. The number of carbonyl (C=O) groups is 3. The van der Waals surface area contributed by atoms with E-state index in [0.717, 1.165) is 66.6 Å². The Kier molecular flexibility index (Phi) is 13.9. The van der Waals surface area contributed by atoms with Gasteiger partial charge in [-0.3, -0.25) is 14.5 Å². The van der Waals surface area contributed by atoms with Crippen LogP contribution in [0.15, 0.2) is 66.6 Å². The van der Waals surface area contributed by atoms with Crippen molar-refractivity contribution in [2.75, 3.05) is 46.3 Å². The summed E-state index contributed by atoms with van der Waals surface area (Å²) in [6, 6.07) is 13.6. The molecule has 2 unspecified atom stereocenters. The Labute approximate surface area is 336 Å². The molecule has 1 fully saturated rings. The Balaban J connectivity index is 0.000000362. The van der Waals surface area contributed by atoms with Crippen LogP contribution in [0.1, 0.15) is 82.4 Å². The molecule has 3 aromatic rings. The number of pyridine rings is 1. The third-order valence-corrected chi connectivity index (χ3v) is 11.7. The lowest BCUT2D eigenvalue weighted by Gasteiger charge is -2.38. The van der Waals surface area contributed by atoms with Crippen LogP contribution in [0, 0.1) is 12.8 Å². The Morgan fingerprint density at radius 3 is 2.54 bits per heavy atom. The van der Waals surface area contributed by atoms with Gasteiger partial charge in [-0.25, -0.2) is 9.78 Å². The Bertz CT molecular complexity index is 2000. The summed E-state index contributed by atoms with van der Waals surface area (Å²) in [6.45, 7) is 16.4. The van der Waals surface area contributed by atoms with E-state index in [-0.39, 0.29) is 17.1 Å². The number of likely N-dealkylation sites (N-methyl/N-ethyl adjacent to an activating group) is 1. The average molecular weight is 785 g/mol. The summed E-state index contributed by atoms with van der Waals surface area (Å²) in [6.07, 6.45) is 7.96. The SMILES string of the molecule is C=C1N(CCOC)C=C(C(=O)Nc2cccc(-c3cccc(-c4cc5c(c(OC)n4)C(C)CC5)c3Cl)c2C)C(=O)N1C.CCC1(CCC(C)C)CCNC(=O)N1. The molecule has 0 saturated carbocycles. The number of aromatic nitrogens is 1. The molecule has 2 atom stereocenters. The maximum Gasteiger partial charge on any atom is 0.315 e. The van der Waals surface area contributed by atoms with Crippen LogP contribution in [0.25, 0.3) is 22.4 Å². The van der Waals surface area contributed by atoms with Crippen molar-refractivity contribution in [3.05, 3.63) is 88.4 Å². The molecule has 1 saturated heterocycles. The average Bonchev–Trinajstić information content (AvgIpc) is 3.57. The van der Waals surface area contributed by atoms with Crippen molar-refractivity contribution in [3.63, 3.8) is 0 Å². The molecule has 11 nitrogen and oxygen atoms in total. The minimum atomic E-state index is -0.509. The van der Waals surface area contributed by atoms with Gasteiger partial charge in [0.05, 0.1) is 24.4 Å². The number of urea groups is 1. The minimum absolute atomic E-state index is 0.00172. The molecular weight excluding hydrogens is 728 g/mol. The van der Waals surface area contributed by atoms with Crippen LogP contribution in [-0.2, 0) is 20.7 Å². The van der Waals surface area contributed by atoms with Gasteiger partial charge in [0, 0.05) is 61.4 Å². The number of methoxy groups -OCH3 is 2. The van der Waals surface area contributed by atoms with Crippen LogP contribution in [-0.4, -0.2) is 79.1 Å². The molecule has 3 aliphatic rings. The van der Waals surface area contributed by atoms with E-state index in [1.165, 1.54) is 28.6 Å². The standard InChI is InChI=1S/C33H35ClN4O4.C11H22N2O/c1-19-13-14-22-17-28(36-32(42-6)29(19)22)25-11-7-10-24(30(25)34)23-9-8-12-27(20(23)2)35-31(39)26-18-38(15-16-41-5)21(3)37(4)33(26)40;1-4-11(6-5-9(2)3)7-8-12-10(14)13-11/h7-12,17-19H,3,13-16H2,1-2,4-6H3,(H,35,39);9H,4-8H2,1-3H3,(H2,12,13,14). The largest absolute Gasteiger partial charge is 0.481 e. The first kappa shape index (κ1) is 42.3. The third-order valence-electron chi connectivity index (χ3n) is 11.3. The molecule has 3 heterocycles. The van der Waals surface area contributed by atoms with Gasteiger partial charge in [0.2, 0.25) is 5.88 Å². The van der Waals surface area contributed by atoms with Gasteiger partial charge in [-0.1, -0.05) is 76.2 Å². The van der Waals surface area contributed by atoms with E-state index >= 15 is 0 Å². The van der Waals surface area contributed by atoms with Crippen LogP contribution in [0.2, 0.25) is 5.02 Å². The van der Waals surface area contributed by atoms with Crippen molar-refractivity contribution in [2.24, 2.45) is 5.92 Å². The van der Waals surface area contributed by atoms with Crippen molar-refractivity contribution >= 4 is 35.1 Å². The highest BCUT2D eigenvalue weighted by molar-refractivity contribution is 6.36. The number of anilines is 1. The van der Waals surface area contributed by atoms with Gasteiger partial charge < -0.3 is 30.3 Å². The van der Waals surface area contributed by atoms with E-state index in [2.05, 4.69) is 56.3 Å². The molecule has 0 bridgehead atoms. The van der Waals surface area contributed by atoms with E-state index in [1.807, 2.05) is 43.3 Å². The summed E-state index contributed by atoms with van der Waals surface area (Å²) < 4.78 is 10.8. The van der Waals surface area contributed by atoms with E-state index < -0.39 is 11.8 Å². The van der Waals surface area contributed by atoms with Crippen LogP contribution in [0.4, 0.5) is 10.5 Å². The fourth-order valence-corrected chi connectivity index (χ4v) is 7.91. The molecular formula is C44H57ClN6O5. The molecule has 300 valence electrons. The lowest BCUT2D eigenvalue weighted by molar-refractivity contribution is -0.128. The molecule has 6 rings (SSSR count). The number of rotatable bonds is 12. The van der Waals surface area contributed by atoms with E-state index in [1.54, 1.807) is 26.2 Å². The second kappa shape index (κ2) is 18.4. The predicted molar refractivity (Wildman–Crippen MR) is 224 cm³/mol. The topological polar surface area (TPSA) is 125 Å². The van der Waals surface area contributed by atoms with Crippen molar-refractivity contribution in [3.8, 4) is 28.3 Å². The zero-order valence-corrected chi connectivity index (χ0v) is 34.9. The number of benzene rings is 2. The van der Waals surface area contributed by atoms with Crippen LogP contribution < -0.4 is 20.7 Å². The van der Waals surface area contributed by atoms with Gasteiger partial charge in [0.1, 0.15) is 11.4 Å². The van der Waals surface area contributed by atoms with Crippen molar-refractivity contribution in [2.45, 2.75) is 84.6 Å². The second-order valence-corrected chi connectivity index (χ2v) is 15.7. The van der Waals surface area contributed by atoms with Gasteiger partial charge in [-0.2, -0.15) is 0 Å². The summed E-state index contributed by atoms with van der Waals surface area (Å²) >= 11 is 7.06. The van der Waals surface area contributed by atoms with Gasteiger partial charge in [-0.05, 0) is 86.1 Å². The Morgan fingerprint density at radius 1 is 1.14 bits per heavy atom. The summed E-state index contributed by atoms with van der Waals surface area (Å²) in [5.74, 6) is 1.31. The maximum atomic E-state index is 13.4.